The lowest BCUT2D eigenvalue weighted by Gasteiger charge is -2.28. The van der Waals surface area contributed by atoms with Crippen molar-refractivity contribution in [2.45, 2.75) is 44.7 Å². The third-order valence-electron chi connectivity index (χ3n) is 4.27. The number of nitrogens with one attached hydrogen (secondary N) is 1. The summed E-state index contributed by atoms with van der Waals surface area (Å²) in [6.45, 7) is 2.59. The van der Waals surface area contributed by atoms with Gasteiger partial charge in [0.25, 0.3) is 0 Å². The Bertz CT molecular complexity index is 460. The molecule has 0 amide bonds. The van der Waals surface area contributed by atoms with Crippen LogP contribution in [0.4, 0.5) is 0 Å². The molecule has 2 aliphatic heterocycles. The zero-order chi connectivity index (χ0) is 13.2. The van der Waals surface area contributed by atoms with Crippen molar-refractivity contribution in [3.63, 3.8) is 0 Å². The highest BCUT2D eigenvalue weighted by Gasteiger charge is 2.36. The van der Waals surface area contributed by atoms with Crippen LogP contribution in [-0.4, -0.2) is 24.5 Å². The van der Waals surface area contributed by atoms with E-state index >= 15 is 0 Å². The number of carbonyl (C=O) groups excluding carboxylic acids is 1. The van der Waals surface area contributed by atoms with Crippen molar-refractivity contribution in [2.75, 3.05) is 6.61 Å². The van der Waals surface area contributed by atoms with E-state index in [0.29, 0.717) is 24.5 Å². The van der Waals surface area contributed by atoms with Crippen molar-refractivity contribution in [3.8, 4) is 5.75 Å². The predicted molar refractivity (Wildman–Crippen MR) is 74.6 cm³/mol. The summed E-state index contributed by atoms with van der Waals surface area (Å²) >= 11 is 0. The van der Waals surface area contributed by atoms with Crippen LogP contribution in [0.25, 0.3) is 0 Å². The monoisotopic (exact) mass is 259 g/mol. The van der Waals surface area contributed by atoms with Crippen LogP contribution in [0.2, 0.25) is 0 Å². The fourth-order valence-electron chi connectivity index (χ4n) is 3.41. The molecule has 2 bridgehead atoms. The number of rotatable bonds is 4. The average molecular weight is 259 g/mol. The van der Waals surface area contributed by atoms with E-state index < -0.39 is 0 Å². The minimum atomic E-state index is 0.190. The Morgan fingerprint density at radius 2 is 2.05 bits per heavy atom. The van der Waals surface area contributed by atoms with Crippen molar-refractivity contribution in [1.82, 2.24) is 5.32 Å². The highest BCUT2D eigenvalue weighted by Crippen LogP contribution is 2.33. The largest absolute Gasteiger partial charge is 0.494 e. The van der Waals surface area contributed by atoms with E-state index in [1.807, 2.05) is 31.2 Å². The van der Waals surface area contributed by atoms with Gasteiger partial charge in [-0.15, -0.1) is 0 Å². The molecular weight excluding hydrogens is 238 g/mol. The van der Waals surface area contributed by atoms with E-state index in [-0.39, 0.29) is 5.92 Å². The molecule has 2 atom stereocenters. The van der Waals surface area contributed by atoms with Crippen molar-refractivity contribution in [1.29, 1.82) is 0 Å². The number of ketones is 1. The third-order valence-corrected chi connectivity index (χ3v) is 4.27. The molecule has 19 heavy (non-hydrogen) atoms. The molecule has 2 saturated heterocycles. The number of Topliss-reactive ketones (excluding diaryl/α,β-unsaturated/α-hetero) is 1. The molecule has 0 aliphatic carbocycles. The van der Waals surface area contributed by atoms with Gasteiger partial charge in [-0.3, -0.25) is 4.79 Å². The second-order valence-electron chi connectivity index (χ2n) is 5.63. The number of benzene rings is 1. The SMILES string of the molecule is CCOc1cccc(C(=O)C2CC3CCC(C2)N3)c1. The molecule has 3 nitrogen and oxygen atoms in total. The Kier molecular flexibility index (Phi) is 3.56. The van der Waals surface area contributed by atoms with Crippen molar-refractivity contribution in [2.24, 2.45) is 5.92 Å². The molecule has 102 valence electrons. The van der Waals surface area contributed by atoms with Gasteiger partial charge in [-0.2, -0.15) is 0 Å². The first-order valence-electron chi connectivity index (χ1n) is 7.29. The lowest BCUT2D eigenvalue weighted by Crippen LogP contribution is -2.40. The van der Waals surface area contributed by atoms with Gasteiger partial charge in [0.05, 0.1) is 6.61 Å². The molecule has 0 aromatic heterocycles. The maximum Gasteiger partial charge on any atom is 0.166 e. The van der Waals surface area contributed by atoms with Gasteiger partial charge in [-0.1, -0.05) is 12.1 Å². The number of carbonyl (C=O) groups is 1. The summed E-state index contributed by atoms with van der Waals surface area (Å²) in [7, 11) is 0. The number of piperidine rings is 1. The van der Waals surface area contributed by atoms with Crippen LogP contribution < -0.4 is 10.1 Å². The molecule has 0 radical (unpaired) electrons. The summed E-state index contributed by atoms with van der Waals surface area (Å²) in [5, 5.41) is 3.58. The Morgan fingerprint density at radius 1 is 1.32 bits per heavy atom. The van der Waals surface area contributed by atoms with E-state index in [4.69, 9.17) is 4.74 Å². The van der Waals surface area contributed by atoms with E-state index in [1.54, 1.807) is 0 Å². The van der Waals surface area contributed by atoms with Gasteiger partial charge in [0.15, 0.2) is 5.78 Å². The topological polar surface area (TPSA) is 38.3 Å². The minimum absolute atomic E-state index is 0.190. The normalized spacial score (nSPS) is 29.2. The molecular formula is C16H21NO2. The first-order chi connectivity index (χ1) is 9.26. The molecule has 2 heterocycles. The van der Waals surface area contributed by atoms with Crippen LogP contribution >= 0.6 is 0 Å². The maximum absolute atomic E-state index is 12.6. The van der Waals surface area contributed by atoms with Gasteiger partial charge in [0.2, 0.25) is 0 Å². The van der Waals surface area contributed by atoms with Crippen LogP contribution in [-0.2, 0) is 0 Å². The second-order valence-corrected chi connectivity index (χ2v) is 5.63. The molecule has 0 spiro atoms. The third kappa shape index (κ3) is 2.66. The van der Waals surface area contributed by atoms with Gasteiger partial charge >= 0.3 is 0 Å². The summed E-state index contributed by atoms with van der Waals surface area (Å²) in [5.41, 5.74) is 0.803. The highest BCUT2D eigenvalue weighted by molar-refractivity contribution is 5.98. The van der Waals surface area contributed by atoms with Gasteiger partial charge in [0, 0.05) is 23.6 Å². The van der Waals surface area contributed by atoms with Crippen LogP contribution in [0.5, 0.6) is 5.75 Å². The number of fused-ring (bicyclic) bond motifs is 2. The van der Waals surface area contributed by atoms with Crippen molar-refractivity contribution >= 4 is 5.78 Å². The molecule has 1 N–H and O–H groups in total. The quantitative estimate of drug-likeness (QED) is 0.845. The molecule has 3 heteroatoms. The molecule has 2 unspecified atom stereocenters. The molecule has 0 saturated carbocycles. The molecule has 3 rings (SSSR count). The number of hydrogen-bond donors (Lipinski definition) is 1. The lowest BCUT2D eigenvalue weighted by molar-refractivity contribution is 0.0875. The smallest absolute Gasteiger partial charge is 0.166 e. The summed E-state index contributed by atoms with van der Waals surface area (Å²) < 4.78 is 5.47. The van der Waals surface area contributed by atoms with Gasteiger partial charge in [0.1, 0.15) is 5.75 Å². The van der Waals surface area contributed by atoms with E-state index in [1.165, 1.54) is 12.8 Å². The number of ether oxygens (including phenoxy) is 1. The van der Waals surface area contributed by atoms with E-state index in [2.05, 4.69) is 5.32 Å². The molecule has 1 aromatic carbocycles. The van der Waals surface area contributed by atoms with Crippen LogP contribution in [0.15, 0.2) is 24.3 Å². The fourth-order valence-corrected chi connectivity index (χ4v) is 3.41. The van der Waals surface area contributed by atoms with E-state index in [9.17, 15) is 4.79 Å². The fraction of sp³-hybridized carbons (Fsp3) is 0.562. The van der Waals surface area contributed by atoms with Crippen molar-refractivity contribution in [3.05, 3.63) is 29.8 Å². The van der Waals surface area contributed by atoms with Crippen molar-refractivity contribution < 1.29 is 9.53 Å². The lowest BCUT2D eigenvalue weighted by atomic mass is 9.86. The molecule has 2 fully saturated rings. The summed E-state index contributed by atoms with van der Waals surface area (Å²) in [6, 6.07) is 8.73. The van der Waals surface area contributed by atoms with Crippen LogP contribution in [0.1, 0.15) is 43.0 Å². The zero-order valence-corrected chi connectivity index (χ0v) is 11.4. The second kappa shape index (κ2) is 5.33. The summed E-state index contributed by atoms with van der Waals surface area (Å²) in [6.07, 6.45) is 4.45. The summed E-state index contributed by atoms with van der Waals surface area (Å²) in [5.74, 6) is 1.28. The van der Waals surface area contributed by atoms with Crippen LogP contribution in [0, 0.1) is 5.92 Å². The zero-order valence-electron chi connectivity index (χ0n) is 11.4. The Labute approximate surface area is 114 Å². The Balaban J connectivity index is 1.74. The van der Waals surface area contributed by atoms with Gasteiger partial charge < -0.3 is 10.1 Å². The first kappa shape index (κ1) is 12.7. The average Bonchev–Trinajstić information content (AvgIpc) is 2.77. The highest BCUT2D eigenvalue weighted by atomic mass is 16.5. The van der Waals surface area contributed by atoms with E-state index in [0.717, 1.165) is 24.2 Å². The number of hydrogen-bond acceptors (Lipinski definition) is 3. The Hall–Kier alpha value is -1.35. The molecule has 1 aromatic rings. The van der Waals surface area contributed by atoms with Gasteiger partial charge in [-0.05, 0) is 44.7 Å². The predicted octanol–water partition coefficient (Wildman–Crippen LogP) is 2.80. The minimum Gasteiger partial charge on any atom is -0.494 e. The standard InChI is InChI=1S/C16H21NO2/c1-2-19-15-5-3-4-11(10-15)16(18)12-8-13-6-7-14(9-12)17-13/h3-5,10,12-14,17H,2,6-9H2,1H3. The maximum atomic E-state index is 12.6. The summed E-state index contributed by atoms with van der Waals surface area (Å²) in [4.78, 5) is 12.6. The first-order valence-corrected chi connectivity index (χ1v) is 7.29. The van der Waals surface area contributed by atoms with Gasteiger partial charge in [-0.25, -0.2) is 0 Å². The Morgan fingerprint density at radius 3 is 2.74 bits per heavy atom. The molecule has 2 aliphatic rings. The van der Waals surface area contributed by atoms with Crippen LogP contribution in [0.3, 0.4) is 0 Å².